The van der Waals surface area contributed by atoms with Crippen LogP contribution in [-0.4, -0.2) is 21.4 Å². The molecular weight excluding hydrogens is 220 g/mol. The van der Waals surface area contributed by atoms with Crippen LogP contribution in [0.1, 0.15) is 34.1 Å². The van der Waals surface area contributed by atoms with Crippen LogP contribution in [-0.2, 0) is 0 Å². The minimum absolute atomic E-state index is 0.541. The van der Waals surface area contributed by atoms with Crippen LogP contribution in [0.2, 0.25) is 0 Å². The summed E-state index contributed by atoms with van der Waals surface area (Å²) < 4.78 is 1.94. The minimum atomic E-state index is 0.541. The number of hydrogen-bond acceptors (Lipinski definition) is 3. The maximum atomic E-state index is 10.7. The van der Waals surface area contributed by atoms with Gasteiger partial charge in [-0.15, -0.1) is 0 Å². The summed E-state index contributed by atoms with van der Waals surface area (Å²) in [7, 11) is 0. The maximum Gasteiger partial charge on any atom is 0.151 e. The number of thioether (sulfide) groups is 1. The number of hydrogen-bond donors (Lipinski definition) is 0. The first-order valence-electron chi connectivity index (χ1n) is 5.42. The quantitative estimate of drug-likeness (QED) is 0.747. The van der Waals surface area contributed by atoms with E-state index >= 15 is 0 Å². The standard InChI is InChI=1S/C12H12N2OS/c15-8-9-3-4-12-13-10(7-14(12)6-9)11-2-1-5-16-11/h3-4,6-8,11H,1-2,5H2. The zero-order chi connectivity index (χ0) is 11.0. The summed E-state index contributed by atoms with van der Waals surface area (Å²) in [5, 5.41) is 0.541. The highest BCUT2D eigenvalue weighted by Crippen LogP contribution is 2.39. The number of carbonyl (C=O) groups excluding carboxylic acids is 1. The molecule has 4 heteroatoms. The molecule has 0 amide bonds. The van der Waals surface area contributed by atoms with E-state index in [1.807, 2.05) is 34.6 Å². The molecule has 3 heterocycles. The van der Waals surface area contributed by atoms with E-state index < -0.39 is 0 Å². The molecule has 3 rings (SSSR count). The second-order valence-electron chi connectivity index (χ2n) is 4.01. The van der Waals surface area contributed by atoms with Crippen LogP contribution in [0.5, 0.6) is 0 Å². The summed E-state index contributed by atoms with van der Waals surface area (Å²) >= 11 is 1.98. The molecule has 3 nitrogen and oxygen atoms in total. The molecule has 1 unspecified atom stereocenters. The lowest BCUT2D eigenvalue weighted by atomic mass is 10.2. The molecule has 16 heavy (non-hydrogen) atoms. The third kappa shape index (κ3) is 1.63. The second kappa shape index (κ2) is 3.94. The van der Waals surface area contributed by atoms with Crippen LogP contribution < -0.4 is 0 Å². The third-order valence-corrected chi connectivity index (χ3v) is 4.29. The highest BCUT2D eigenvalue weighted by molar-refractivity contribution is 7.99. The Morgan fingerprint density at radius 3 is 3.12 bits per heavy atom. The lowest BCUT2D eigenvalue weighted by Crippen LogP contribution is -1.87. The van der Waals surface area contributed by atoms with Crippen molar-refractivity contribution in [3.63, 3.8) is 0 Å². The van der Waals surface area contributed by atoms with Gasteiger partial charge in [0.05, 0.1) is 5.69 Å². The Balaban J connectivity index is 2.04. The maximum absolute atomic E-state index is 10.7. The predicted molar refractivity (Wildman–Crippen MR) is 65.0 cm³/mol. The lowest BCUT2D eigenvalue weighted by molar-refractivity contribution is 0.112. The Morgan fingerprint density at radius 1 is 1.44 bits per heavy atom. The van der Waals surface area contributed by atoms with Gasteiger partial charge < -0.3 is 4.40 Å². The first-order valence-corrected chi connectivity index (χ1v) is 6.47. The topological polar surface area (TPSA) is 34.4 Å². The SMILES string of the molecule is O=Cc1ccc2nc(C3CCCS3)cn2c1. The Labute approximate surface area is 97.9 Å². The Kier molecular flexibility index (Phi) is 2.44. The van der Waals surface area contributed by atoms with Crippen molar-refractivity contribution in [2.45, 2.75) is 18.1 Å². The number of carbonyl (C=O) groups is 1. The summed E-state index contributed by atoms with van der Waals surface area (Å²) in [6.45, 7) is 0. The van der Waals surface area contributed by atoms with Crippen LogP contribution >= 0.6 is 11.8 Å². The van der Waals surface area contributed by atoms with Gasteiger partial charge in [0.25, 0.3) is 0 Å². The molecule has 1 fully saturated rings. The van der Waals surface area contributed by atoms with Crippen molar-refractivity contribution in [2.24, 2.45) is 0 Å². The minimum Gasteiger partial charge on any atom is -0.306 e. The van der Waals surface area contributed by atoms with Gasteiger partial charge >= 0.3 is 0 Å². The second-order valence-corrected chi connectivity index (χ2v) is 5.32. The van der Waals surface area contributed by atoms with Gasteiger partial charge in [-0.25, -0.2) is 4.98 Å². The van der Waals surface area contributed by atoms with E-state index in [0.717, 1.165) is 17.6 Å². The Bertz CT molecular complexity index is 529. The van der Waals surface area contributed by atoms with Gasteiger partial charge in [-0.05, 0) is 30.7 Å². The van der Waals surface area contributed by atoms with E-state index in [-0.39, 0.29) is 0 Å². The Morgan fingerprint density at radius 2 is 2.38 bits per heavy atom. The summed E-state index contributed by atoms with van der Waals surface area (Å²) in [5.41, 5.74) is 2.76. The van der Waals surface area contributed by atoms with Crippen molar-refractivity contribution >= 4 is 23.7 Å². The number of pyridine rings is 1. The average Bonchev–Trinajstić information content (AvgIpc) is 2.96. The fourth-order valence-electron chi connectivity index (χ4n) is 2.06. The van der Waals surface area contributed by atoms with Gasteiger partial charge in [-0.2, -0.15) is 11.8 Å². The van der Waals surface area contributed by atoms with Crippen molar-refractivity contribution in [1.29, 1.82) is 0 Å². The molecule has 0 radical (unpaired) electrons. The average molecular weight is 232 g/mol. The van der Waals surface area contributed by atoms with Gasteiger partial charge in [0.2, 0.25) is 0 Å². The van der Waals surface area contributed by atoms with Gasteiger partial charge in [0.1, 0.15) is 5.65 Å². The van der Waals surface area contributed by atoms with Gasteiger partial charge in [-0.1, -0.05) is 0 Å². The molecule has 0 N–H and O–H groups in total. The summed E-state index contributed by atoms with van der Waals surface area (Å²) in [6.07, 6.45) is 7.24. The highest BCUT2D eigenvalue weighted by Gasteiger charge is 2.20. The first-order chi connectivity index (χ1) is 7.86. The molecule has 2 aromatic heterocycles. The van der Waals surface area contributed by atoms with E-state index in [0.29, 0.717) is 10.8 Å². The molecule has 0 saturated carbocycles. The van der Waals surface area contributed by atoms with Crippen LogP contribution in [0.4, 0.5) is 0 Å². The van der Waals surface area contributed by atoms with E-state index in [1.54, 1.807) is 6.07 Å². The summed E-state index contributed by atoms with van der Waals surface area (Å²) in [5.74, 6) is 1.23. The lowest BCUT2D eigenvalue weighted by Gasteiger charge is -2.01. The molecule has 0 aliphatic carbocycles. The van der Waals surface area contributed by atoms with Crippen molar-refractivity contribution in [1.82, 2.24) is 9.38 Å². The van der Waals surface area contributed by atoms with Gasteiger partial charge in [0, 0.05) is 23.2 Å². The van der Waals surface area contributed by atoms with Crippen LogP contribution in [0.15, 0.2) is 24.5 Å². The number of aromatic nitrogens is 2. The first kappa shape index (κ1) is 9.90. The zero-order valence-corrected chi connectivity index (χ0v) is 9.61. The molecule has 82 valence electrons. The number of rotatable bonds is 2. The highest BCUT2D eigenvalue weighted by atomic mass is 32.2. The largest absolute Gasteiger partial charge is 0.306 e. The smallest absolute Gasteiger partial charge is 0.151 e. The molecular formula is C12H12N2OS. The number of imidazole rings is 1. The van der Waals surface area contributed by atoms with Gasteiger partial charge in [0.15, 0.2) is 6.29 Å². The molecule has 1 atom stereocenters. The molecule has 2 aromatic rings. The van der Waals surface area contributed by atoms with E-state index in [4.69, 9.17) is 0 Å². The van der Waals surface area contributed by atoms with Crippen molar-refractivity contribution in [3.05, 3.63) is 35.8 Å². The molecule has 1 aliphatic rings. The van der Waals surface area contributed by atoms with Crippen LogP contribution in [0, 0.1) is 0 Å². The van der Waals surface area contributed by atoms with Crippen LogP contribution in [0.25, 0.3) is 5.65 Å². The van der Waals surface area contributed by atoms with Crippen molar-refractivity contribution in [3.8, 4) is 0 Å². The number of fused-ring (bicyclic) bond motifs is 1. The normalized spacial score (nSPS) is 20.4. The Hall–Kier alpha value is -1.29. The van der Waals surface area contributed by atoms with Crippen molar-refractivity contribution < 1.29 is 4.79 Å². The molecule has 0 bridgehead atoms. The number of aldehydes is 1. The molecule has 0 spiro atoms. The third-order valence-electron chi connectivity index (χ3n) is 2.89. The summed E-state index contributed by atoms with van der Waals surface area (Å²) in [6, 6.07) is 3.70. The van der Waals surface area contributed by atoms with Crippen LogP contribution in [0.3, 0.4) is 0 Å². The number of nitrogens with zero attached hydrogens (tertiary/aromatic N) is 2. The fraction of sp³-hybridized carbons (Fsp3) is 0.333. The van der Waals surface area contributed by atoms with E-state index in [2.05, 4.69) is 4.98 Å². The van der Waals surface area contributed by atoms with Gasteiger partial charge in [-0.3, -0.25) is 4.79 Å². The van der Waals surface area contributed by atoms with E-state index in [9.17, 15) is 4.79 Å². The fourth-order valence-corrected chi connectivity index (χ4v) is 3.30. The van der Waals surface area contributed by atoms with E-state index in [1.165, 1.54) is 18.6 Å². The van der Waals surface area contributed by atoms with Crippen molar-refractivity contribution in [2.75, 3.05) is 5.75 Å². The molecule has 1 aliphatic heterocycles. The summed E-state index contributed by atoms with van der Waals surface area (Å²) in [4.78, 5) is 15.3. The molecule has 1 saturated heterocycles. The zero-order valence-electron chi connectivity index (χ0n) is 8.80. The monoisotopic (exact) mass is 232 g/mol. The molecule has 0 aromatic carbocycles. The predicted octanol–water partition coefficient (Wildman–Crippen LogP) is 2.71.